The number of carbonyl (C=O) groups is 2. The molecule has 0 bridgehead atoms. The average Bonchev–Trinajstić information content (AvgIpc) is 3.21. The van der Waals surface area contributed by atoms with Gasteiger partial charge in [-0.1, -0.05) is 43.0 Å². The van der Waals surface area contributed by atoms with Crippen LogP contribution >= 0.6 is 11.8 Å². The standard InChI is InChI=1S/C19H25N5O3S/c1-3-14-5-7-15(8-6-14)17-20-18(22-21-17)28-13-16(25)23-9-11-24(12-10-23)19(26)27-4-2/h5-8H,3-4,9-13H2,1-2H3,(H,20,21,22). The highest BCUT2D eigenvalue weighted by molar-refractivity contribution is 7.99. The van der Waals surface area contributed by atoms with Gasteiger partial charge in [0.2, 0.25) is 11.1 Å². The topological polar surface area (TPSA) is 91.4 Å². The van der Waals surface area contributed by atoms with Crippen LogP contribution in [0.3, 0.4) is 0 Å². The second kappa shape index (κ2) is 9.59. The highest BCUT2D eigenvalue weighted by Gasteiger charge is 2.25. The first-order valence-electron chi connectivity index (χ1n) is 9.44. The molecule has 2 amide bonds. The lowest BCUT2D eigenvalue weighted by atomic mass is 10.1. The monoisotopic (exact) mass is 403 g/mol. The number of aryl methyl sites for hydroxylation is 1. The van der Waals surface area contributed by atoms with E-state index in [9.17, 15) is 9.59 Å². The van der Waals surface area contributed by atoms with Crippen molar-refractivity contribution in [3.05, 3.63) is 29.8 Å². The molecule has 2 aromatic rings. The molecule has 8 nitrogen and oxygen atoms in total. The molecule has 1 aromatic heterocycles. The first-order chi connectivity index (χ1) is 13.6. The molecule has 0 spiro atoms. The Kier molecular flexibility index (Phi) is 6.91. The van der Waals surface area contributed by atoms with Crippen LogP contribution in [-0.4, -0.2) is 75.5 Å². The minimum Gasteiger partial charge on any atom is -0.450 e. The molecule has 1 saturated heterocycles. The Labute approximate surface area is 168 Å². The van der Waals surface area contributed by atoms with Crippen LogP contribution in [0, 0.1) is 0 Å². The molecule has 1 aliphatic rings. The highest BCUT2D eigenvalue weighted by atomic mass is 32.2. The predicted molar refractivity (Wildman–Crippen MR) is 107 cm³/mol. The van der Waals surface area contributed by atoms with Crippen LogP contribution in [0.2, 0.25) is 0 Å². The predicted octanol–water partition coefficient (Wildman–Crippen LogP) is 2.43. The number of benzene rings is 1. The maximum Gasteiger partial charge on any atom is 0.409 e. The number of thioether (sulfide) groups is 1. The van der Waals surface area contributed by atoms with Gasteiger partial charge in [0.05, 0.1) is 12.4 Å². The third-order valence-electron chi connectivity index (χ3n) is 4.58. The maximum atomic E-state index is 12.4. The van der Waals surface area contributed by atoms with Gasteiger partial charge in [0.1, 0.15) is 0 Å². The lowest BCUT2D eigenvalue weighted by molar-refractivity contribution is -0.129. The first kappa shape index (κ1) is 20.2. The fourth-order valence-electron chi connectivity index (χ4n) is 2.91. The van der Waals surface area contributed by atoms with Gasteiger partial charge >= 0.3 is 6.09 Å². The minimum absolute atomic E-state index is 0.0205. The number of rotatable bonds is 6. The zero-order valence-electron chi connectivity index (χ0n) is 16.2. The zero-order valence-corrected chi connectivity index (χ0v) is 17.0. The molecule has 28 heavy (non-hydrogen) atoms. The molecule has 1 fully saturated rings. The van der Waals surface area contributed by atoms with Crippen molar-refractivity contribution in [1.29, 1.82) is 0 Å². The molecule has 0 saturated carbocycles. The maximum absolute atomic E-state index is 12.4. The molecule has 0 aliphatic carbocycles. The number of aromatic nitrogens is 3. The lowest BCUT2D eigenvalue weighted by Crippen LogP contribution is -2.51. The van der Waals surface area contributed by atoms with Crippen LogP contribution in [0.1, 0.15) is 19.4 Å². The number of aromatic amines is 1. The number of piperazine rings is 1. The molecule has 1 aromatic carbocycles. The number of nitrogens with zero attached hydrogens (tertiary/aromatic N) is 4. The van der Waals surface area contributed by atoms with Gasteiger partial charge < -0.3 is 14.5 Å². The third-order valence-corrected chi connectivity index (χ3v) is 5.42. The Hall–Kier alpha value is -2.55. The normalized spacial score (nSPS) is 14.2. The summed E-state index contributed by atoms with van der Waals surface area (Å²) in [6.45, 7) is 6.27. The lowest BCUT2D eigenvalue weighted by Gasteiger charge is -2.33. The number of nitrogens with one attached hydrogen (secondary N) is 1. The fourth-order valence-corrected chi connectivity index (χ4v) is 3.61. The fraction of sp³-hybridized carbons (Fsp3) is 0.474. The molecular weight excluding hydrogens is 378 g/mol. The van der Waals surface area contributed by atoms with Gasteiger partial charge in [0.25, 0.3) is 0 Å². The van der Waals surface area contributed by atoms with E-state index in [4.69, 9.17) is 4.74 Å². The van der Waals surface area contributed by atoms with Crippen LogP contribution in [-0.2, 0) is 16.0 Å². The number of hydrogen-bond acceptors (Lipinski definition) is 6. The van der Waals surface area contributed by atoms with Crippen molar-refractivity contribution in [2.75, 3.05) is 38.5 Å². The van der Waals surface area contributed by atoms with E-state index in [1.807, 2.05) is 12.1 Å². The van der Waals surface area contributed by atoms with Gasteiger partial charge in [-0.2, -0.15) is 0 Å². The van der Waals surface area contributed by atoms with E-state index in [0.717, 1.165) is 12.0 Å². The van der Waals surface area contributed by atoms with Crippen LogP contribution in [0.15, 0.2) is 29.4 Å². The van der Waals surface area contributed by atoms with E-state index in [2.05, 4.69) is 34.2 Å². The molecule has 0 unspecified atom stereocenters. The largest absolute Gasteiger partial charge is 0.450 e. The molecule has 9 heteroatoms. The van der Waals surface area contributed by atoms with Crippen molar-refractivity contribution >= 4 is 23.8 Å². The first-order valence-corrected chi connectivity index (χ1v) is 10.4. The van der Waals surface area contributed by atoms with Crippen LogP contribution in [0.5, 0.6) is 0 Å². The van der Waals surface area contributed by atoms with Crippen molar-refractivity contribution in [3.63, 3.8) is 0 Å². The van der Waals surface area contributed by atoms with Crippen molar-refractivity contribution in [2.24, 2.45) is 0 Å². The van der Waals surface area contributed by atoms with Crippen molar-refractivity contribution < 1.29 is 14.3 Å². The van der Waals surface area contributed by atoms with E-state index in [0.29, 0.717) is 43.8 Å². The number of hydrogen-bond donors (Lipinski definition) is 1. The molecule has 0 atom stereocenters. The summed E-state index contributed by atoms with van der Waals surface area (Å²) in [6.07, 6.45) is 0.678. The van der Waals surface area contributed by atoms with E-state index >= 15 is 0 Å². The van der Waals surface area contributed by atoms with E-state index in [-0.39, 0.29) is 17.8 Å². The molecule has 1 aliphatic heterocycles. The van der Waals surface area contributed by atoms with Gasteiger partial charge in [-0.05, 0) is 18.9 Å². The smallest absolute Gasteiger partial charge is 0.409 e. The van der Waals surface area contributed by atoms with Gasteiger partial charge in [-0.3, -0.25) is 9.89 Å². The van der Waals surface area contributed by atoms with E-state index in [1.54, 1.807) is 16.7 Å². The van der Waals surface area contributed by atoms with Gasteiger partial charge in [-0.25, -0.2) is 9.78 Å². The number of ether oxygens (including phenoxy) is 1. The van der Waals surface area contributed by atoms with E-state index < -0.39 is 0 Å². The average molecular weight is 404 g/mol. The molecule has 1 N–H and O–H groups in total. The second-order valence-electron chi connectivity index (χ2n) is 6.37. The molecule has 2 heterocycles. The van der Waals surface area contributed by atoms with Crippen LogP contribution in [0.4, 0.5) is 4.79 Å². The highest BCUT2D eigenvalue weighted by Crippen LogP contribution is 2.20. The molecular formula is C19H25N5O3S. The summed E-state index contributed by atoms with van der Waals surface area (Å²) in [4.78, 5) is 32.0. The Bertz CT molecular complexity index is 800. The second-order valence-corrected chi connectivity index (χ2v) is 7.31. The van der Waals surface area contributed by atoms with Crippen molar-refractivity contribution in [3.8, 4) is 11.4 Å². The SMILES string of the molecule is CCOC(=O)N1CCN(C(=O)CSc2n[nH]c(-c3ccc(CC)cc3)n2)CC1. The van der Waals surface area contributed by atoms with Gasteiger partial charge in [0, 0.05) is 31.7 Å². The molecule has 150 valence electrons. The van der Waals surface area contributed by atoms with Crippen molar-refractivity contribution in [2.45, 2.75) is 25.4 Å². The Balaban J connectivity index is 1.47. The molecule has 3 rings (SSSR count). The number of H-pyrrole nitrogens is 1. The third kappa shape index (κ3) is 5.03. The van der Waals surface area contributed by atoms with E-state index in [1.165, 1.54) is 17.3 Å². The summed E-state index contributed by atoms with van der Waals surface area (Å²) in [5, 5.41) is 7.67. The Morgan fingerprint density at radius 2 is 1.79 bits per heavy atom. The summed E-state index contributed by atoms with van der Waals surface area (Å²) >= 11 is 1.31. The van der Waals surface area contributed by atoms with Crippen molar-refractivity contribution in [1.82, 2.24) is 25.0 Å². The Morgan fingerprint density at radius 3 is 2.43 bits per heavy atom. The summed E-state index contributed by atoms with van der Waals surface area (Å²) in [5.41, 5.74) is 2.24. The van der Waals surface area contributed by atoms with Gasteiger partial charge in [0.15, 0.2) is 5.82 Å². The quantitative estimate of drug-likeness (QED) is 0.745. The summed E-state index contributed by atoms with van der Waals surface area (Å²) in [7, 11) is 0. The van der Waals surface area contributed by atoms with Gasteiger partial charge in [-0.15, -0.1) is 5.10 Å². The number of amides is 2. The minimum atomic E-state index is -0.316. The van der Waals surface area contributed by atoms with Crippen LogP contribution in [0.25, 0.3) is 11.4 Å². The summed E-state index contributed by atoms with van der Waals surface area (Å²) < 4.78 is 4.99. The number of carbonyl (C=O) groups excluding carboxylic acids is 2. The summed E-state index contributed by atoms with van der Waals surface area (Å²) in [5.74, 6) is 0.985. The molecule has 0 radical (unpaired) electrons. The van der Waals surface area contributed by atoms with Crippen LogP contribution < -0.4 is 0 Å². The summed E-state index contributed by atoms with van der Waals surface area (Å²) in [6, 6.07) is 8.18. The Morgan fingerprint density at radius 1 is 1.11 bits per heavy atom. The zero-order chi connectivity index (χ0) is 19.9.